The maximum Gasteiger partial charge on any atom is 0.227 e. The third-order valence-electron chi connectivity index (χ3n) is 4.44. The summed E-state index contributed by atoms with van der Waals surface area (Å²) in [6, 6.07) is 0. The van der Waals surface area contributed by atoms with Gasteiger partial charge in [0.15, 0.2) is 5.79 Å². The Kier molecular flexibility index (Phi) is 1.99. The van der Waals surface area contributed by atoms with Crippen molar-refractivity contribution >= 4 is 0 Å². The number of fused-ring (bicyclic) bond motifs is 2. The molecule has 4 N–H and O–H groups in total. The van der Waals surface area contributed by atoms with Gasteiger partial charge in [-0.1, -0.05) is 0 Å². The number of hydrogen-bond donors (Lipinski definition) is 4. The van der Waals surface area contributed by atoms with E-state index in [2.05, 4.69) is 0 Å². The van der Waals surface area contributed by atoms with E-state index >= 15 is 0 Å². The summed E-state index contributed by atoms with van der Waals surface area (Å²) in [6.45, 7) is 4.85. The molecule has 2 bridgehead atoms. The zero-order chi connectivity index (χ0) is 12.6. The van der Waals surface area contributed by atoms with E-state index in [4.69, 9.17) is 9.47 Å². The summed E-state index contributed by atoms with van der Waals surface area (Å²) in [5, 5.41) is 39.8. The molecule has 0 aromatic carbocycles. The maximum absolute atomic E-state index is 10.3. The lowest BCUT2D eigenvalue weighted by atomic mass is 9.59. The fourth-order valence-electron chi connectivity index (χ4n) is 2.62. The Hall–Kier alpha value is -0.240. The number of aliphatic hydroxyl groups excluding tert-OH is 1. The fraction of sp³-hybridized carbons (Fsp3) is 1.00. The van der Waals surface area contributed by atoms with Crippen molar-refractivity contribution in [3.63, 3.8) is 0 Å². The van der Waals surface area contributed by atoms with Gasteiger partial charge in [0.1, 0.15) is 23.4 Å². The minimum Gasteiger partial charge on any atom is -0.391 e. The normalized spacial score (nSPS) is 65.2. The predicted molar refractivity (Wildman–Crippen MR) is 52.3 cm³/mol. The zero-order valence-corrected chi connectivity index (χ0v) is 9.81. The Balaban J connectivity index is 2.54. The quantitative estimate of drug-likeness (QED) is 0.450. The molecule has 3 heterocycles. The van der Waals surface area contributed by atoms with Gasteiger partial charge in [-0.25, -0.2) is 0 Å². The SMILES string of the molecule is CC12OC(CO)(O[C@](C)(O)C1(C)O)[C@]2(C)O. The average molecular weight is 234 g/mol. The summed E-state index contributed by atoms with van der Waals surface area (Å²) in [4.78, 5) is 0. The first-order valence-corrected chi connectivity index (χ1v) is 5.16. The van der Waals surface area contributed by atoms with Crippen molar-refractivity contribution in [2.24, 2.45) is 0 Å². The molecule has 0 spiro atoms. The average Bonchev–Trinajstić information content (AvgIpc) is 2.13. The van der Waals surface area contributed by atoms with Crippen LogP contribution < -0.4 is 0 Å². The van der Waals surface area contributed by atoms with Crippen molar-refractivity contribution < 1.29 is 29.9 Å². The highest BCUT2D eigenvalue weighted by atomic mass is 16.8. The zero-order valence-electron chi connectivity index (χ0n) is 9.81. The topological polar surface area (TPSA) is 99.4 Å². The number of hydrogen-bond acceptors (Lipinski definition) is 6. The van der Waals surface area contributed by atoms with E-state index in [1.807, 2.05) is 0 Å². The van der Waals surface area contributed by atoms with Gasteiger partial charge in [-0.15, -0.1) is 0 Å². The Labute approximate surface area is 93.4 Å². The van der Waals surface area contributed by atoms with Gasteiger partial charge < -0.3 is 29.9 Å². The number of ether oxygens (including phenoxy) is 2. The molecule has 0 saturated carbocycles. The highest BCUT2D eigenvalue weighted by Crippen LogP contribution is 2.63. The van der Waals surface area contributed by atoms with Crippen molar-refractivity contribution in [2.45, 2.75) is 56.1 Å². The molecule has 0 aliphatic carbocycles. The number of rotatable bonds is 1. The van der Waals surface area contributed by atoms with Gasteiger partial charge in [0, 0.05) is 0 Å². The van der Waals surface area contributed by atoms with Crippen LogP contribution in [-0.2, 0) is 9.47 Å². The molecule has 0 aromatic rings. The van der Waals surface area contributed by atoms with Crippen LogP contribution in [0.1, 0.15) is 27.7 Å². The van der Waals surface area contributed by atoms with Crippen LogP contribution in [0.5, 0.6) is 0 Å². The molecule has 0 radical (unpaired) electrons. The first-order valence-electron chi connectivity index (χ1n) is 5.16. The van der Waals surface area contributed by atoms with E-state index in [9.17, 15) is 20.4 Å². The van der Waals surface area contributed by atoms with Gasteiger partial charge in [0.05, 0.1) is 0 Å². The van der Waals surface area contributed by atoms with Gasteiger partial charge >= 0.3 is 0 Å². The van der Waals surface area contributed by atoms with E-state index in [1.165, 1.54) is 27.7 Å². The third kappa shape index (κ3) is 0.870. The summed E-state index contributed by atoms with van der Waals surface area (Å²) >= 11 is 0. The molecular formula is C10H18O6. The van der Waals surface area contributed by atoms with Crippen molar-refractivity contribution in [3.8, 4) is 0 Å². The van der Waals surface area contributed by atoms with Gasteiger partial charge in [-0.05, 0) is 27.7 Å². The van der Waals surface area contributed by atoms with Gasteiger partial charge in [-0.3, -0.25) is 0 Å². The van der Waals surface area contributed by atoms with Crippen LogP contribution in [0.25, 0.3) is 0 Å². The number of aliphatic hydroxyl groups is 4. The van der Waals surface area contributed by atoms with Gasteiger partial charge in [-0.2, -0.15) is 0 Å². The lowest BCUT2D eigenvalue weighted by molar-refractivity contribution is -0.601. The van der Waals surface area contributed by atoms with Crippen LogP contribution in [0.3, 0.4) is 0 Å². The molecule has 5 atom stereocenters. The Morgan fingerprint density at radius 2 is 1.38 bits per heavy atom. The highest BCUT2D eigenvalue weighted by molar-refractivity contribution is 5.27. The molecular weight excluding hydrogens is 216 g/mol. The largest absolute Gasteiger partial charge is 0.391 e. The van der Waals surface area contributed by atoms with E-state index in [0.717, 1.165) is 0 Å². The van der Waals surface area contributed by atoms with Crippen LogP contribution in [0, 0.1) is 0 Å². The van der Waals surface area contributed by atoms with E-state index < -0.39 is 35.0 Å². The first kappa shape index (κ1) is 12.2. The van der Waals surface area contributed by atoms with Crippen molar-refractivity contribution in [1.82, 2.24) is 0 Å². The first-order chi connectivity index (χ1) is 6.97. The van der Waals surface area contributed by atoms with Crippen LogP contribution >= 0.6 is 0 Å². The molecule has 0 amide bonds. The highest BCUT2D eigenvalue weighted by Gasteiger charge is 2.86. The van der Waals surface area contributed by atoms with Gasteiger partial charge in [0.25, 0.3) is 0 Å². The smallest absolute Gasteiger partial charge is 0.227 e. The second-order valence-electron chi connectivity index (χ2n) is 5.28. The van der Waals surface area contributed by atoms with E-state index in [-0.39, 0.29) is 0 Å². The molecule has 94 valence electrons. The summed E-state index contributed by atoms with van der Waals surface area (Å²) in [5.74, 6) is -3.60. The molecule has 3 unspecified atom stereocenters. The fourth-order valence-corrected chi connectivity index (χ4v) is 2.62. The lowest BCUT2D eigenvalue weighted by Gasteiger charge is -2.74. The minimum absolute atomic E-state index is 0.609. The Morgan fingerprint density at radius 3 is 1.75 bits per heavy atom. The van der Waals surface area contributed by atoms with E-state index in [0.29, 0.717) is 0 Å². The minimum atomic E-state index is -1.91. The van der Waals surface area contributed by atoms with Gasteiger partial charge in [0.2, 0.25) is 5.79 Å². The van der Waals surface area contributed by atoms with Crippen molar-refractivity contribution in [3.05, 3.63) is 0 Å². The standard InChI is InChI=1S/C10H18O6/c1-6(12)8(3)7(2,13)10(5-11,15-8)16-9(6,4)14/h11-14H,5H2,1-4H3/t6?,7-,8?,9+,10?/m1/s1. The summed E-state index contributed by atoms with van der Waals surface area (Å²) in [5.41, 5.74) is -4.81. The molecule has 3 fully saturated rings. The molecule has 0 aromatic heterocycles. The van der Waals surface area contributed by atoms with Crippen LogP contribution in [0.4, 0.5) is 0 Å². The Morgan fingerprint density at radius 1 is 0.875 bits per heavy atom. The molecule has 3 aliphatic rings. The molecule has 3 saturated heterocycles. The summed E-state index contributed by atoms with van der Waals surface area (Å²) in [6.07, 6.45) is 0. The van der Waals surface area contributed by atoms with Crippen molar-refractivity contribution in [1.29, 1.82) is 0 Å². The lowest BCUT2D eigenvalue weighted by Crippen LogP contribution is -2.95. The molecule has 3 rings (SSSR count). The van der Waals surface area contributed by atoms with E-state index in [1.54, 1.807) is 0 Å². The monoisotopic (exact) mass is 234 g/mol. The Bertz CT molecular complexity index is 336. The molecule has 3 aliphatic heterocycles. The van der Waals surface area contributed by atoms with Crippen LogP contribution in [0.15, 0.2) is 0 Å². The van der Waals surface area contributed by atoms with Crippen LogP contribution in [-0.4, -0.2) is 55.4 Å². The van der Waals surface area contributed by atoms with Crippen LogP contribution in [0.2, 0.25) is 0 Å². The maximum atomic E-state index is 10.3. The predicted octanol–water partition coefficient (Wildman–Crippen LogP) is -1.30. The summed E-state index contributed by atoms with van der Waals surface area (Å²) in [7, 11) is 0. The second-order valence-corrected chi connectivity index (χ2v) is 5.28. The third-order valence-corrected chi connectivity index (χ3v) is 4.44. The van der Waals surface area contributed by atoms with Crippen molar-refractivity contribution in [2.75, 3.05) is 6.61 Å². The molecule has 16 heavy (non-hydrogen) atoms. The summed E-state index contributed by atoms with van der Waals surface area (Å²) < 4.78 is 10.5. The molecule has 6 heteroatoms. The molecule has 6 nitrogen and oxygen atoms in total. The second kappa shape index (κ2) is 2.60.